The van der Waals surface area contributed by atoms with E-state index >= 15 is 0 Å². The second-order valence-corrected chi connectivity index (χ2v) is 9.60. The summed E-state index contributed by atoms with van der Waals surface area (Å²) in [7, 11) is 0. The van der Waals surface area contributed by atoms with Gasteiger partial charge in [-0.05, 0) is 48.6 Å². The van der Waals surface area contributed by atoms with E-state index in [4.69, 9.17) is 21.4 Å². The van der Waals surface area contributed by atoms with Gasteiger partial charge >= 0.3 is 5.97 Å². The Morgan fingerprint density at radius 1 is 1.18 bits per heavy atom. The molecule has 1 fully saturated rings. The minimum Gasteiger partial charge on any atom is -0.482 e. The molecular weight excluding hydrogens is 459 g/mol. The molecule has 1 saturated carbocycles. The van der Waals surface area contributed by atoms with E-state index in [1.54, 1.807) is 18.2 Å². The maximum Gasteiger partial charge on any atom is 0.341 e. The quantitative estimate of drug-likeness (QED) is 0.432. The van der Waals surface area contributed by atoms with Crippen LogP contribution >= 0.6 is 11.6 Å². The third-order valence-corrected chi connectivity index (χ3v) is 6.09. The Labute approximate surface area is 205 Å². The van der Waals surface area contributed by atoms with Crippen molar-refractivity contribution in [3.8, 4) is 5.75 Å². The van der Waals surface area contributed by atoms with Crippen LogP contribution in [0.25, 0.3) is 0 Å². The molecule has 0 aliphatic heterocycles. The van der Waals surface area contributed by atoms with Crippen LogP contribution in [0.3, 0.4) is 0 Å². The van der Waals surface area contributed by atoms with Crippen LogP contribution < -0.4 is 15.0 Å². The molecule has 0 heterocycles. The molecule has 0 radical (unpaired) electrons. The van der Waals surface area contributed by atoms with Gasteiger partial charge in [0.05, 0.1) is 17.8 Å². The van der Waals surface area contributed by atoms with Gasteiger partial charge in [0.25, 0.3) is 0 Å². The highest BCUT2D eigenvalue weighted by atomic mass is 35.5. The summed E-state index contributed by atoms with van der Waals surface area (Å²) in [5.41, 5.74) is 1.62. The highest BCUT2D eigenvalue weighted by molar-refractivity contribution is 6.30. The van der Waals surface area contributed by atoms with Gasteiger partial charge in [-0.15, -0.1) is 0 Å². The van der Waals surface area contributed by atoms with Crippen molar-refractivity contribution in [3.05, 3.63) is 52.8 Å². The summed E-state index contributed by atoms with van der Waals surface area (Å²) >= 11 is 5.82. The molecule has 0 aromatic heterocycles. The lowest BCUT2D eigenvalue weighted by atomic mass is 9.93. The number of carboxylic acid groups (broad SMARTS) is 1. The van der Waals surface area contributed by atoms with E-state index in [0.717, 1.165) is 37.9 Å². The second kappa shape index (κ2) is 12.1. The van der Waals surface area contributed by atoms with Gasteiger partial charge in [0.1, 0.15) is 11.6 Å². The van der Waals surface area contributed by atoms with Gasteiger partial charge in [0.2, 0.25) is 5.91 Å². The number of amides is 1. The van der Waals surface area contributed by atoms with E-state index in [9.17, 15) is 14.0 Å². The number of ether oxygens (including phenoxy) is 1. The highest BCUT2D eigenvalue weighted by Gasteiger charge is 2.25. The van der Waals surface area contributed by atoms with Gasteiger partial charge in [-0.2, -0.15) is 0 Å². The monoisotopic (exact) mass is 490 g/mol. The van der Waals surface area contributed by atoms with Gasteiger partial charge in [-0.1, -0.05) is 50.8 Å². The Balaban J connectivity index is 1.90. The number of carboxylic acids is 1. The molecule has 1 aliphatic carbocycles. The zero-order chi connectivity index (χ0) is 24.7. The second-order valence-electron chi connectivity index (χ2n) is 9.16. The predicted octanol–water partition coefficient (Wildman–Crippen LogP) is 5.92. The molecule has 2 N–H and O–H groups in total. The Kier molecular flexibility index (Phi) is 9.16. The molecule has 1 amide bonds. The molecule has 8 heteroatoms. The molecule has 2 aromatic carbocycles. The number of rotatable bonds is 10. The van der Waals surface area contributed by atoms with Gasteiger partial charge in [-0.25, -0.2) is 9.18 Å². The van der Waals surface area contributed by atoms with Crippen LogP contribution in [0, 0.1) is 11.7 Å². The number of nitrogens with one attached hydrogen (secondary N) is 1. The van der Waals surface area contributed by atoms with E-state index in [0.29, 0.717) is 23.4 Å². The number of nitrogens with zero attached hydrogens (tertiary/aromatic N) is 1. The summed E-state index contributed by atoms with van der Waals surface area (Å²) < 4.78 is 19.6. The lowest BCUT2D eigenvalue weighted by Crippen LogP contribution is -2.40. The first kappa shape index (κ1) is 25.8. The van der Waals surface area contributed by atoms with Crippen molar-refractivity contribution in [2.24, 2.45) is 5.92 Å². The van der Waals surface area contributed by atoms with Crippen LogP contribution in [-0.4, -0.2) is 36.2 Å². The third-order valence-electron chi connectivity index (χ3n) is 5.86. The van der Waals surface area contributed by atoms with E-state index in [1.165, 1.54) is 18.6 Å². The van der Waals surface area contributed by atoms with Crippen LogP contribution in [0.5, 0.6) is 5.75 Å². The number of halogens is 2. The Hall–Kier alpha value is -2.80. The molecule has 1 aliphatic rings. The number of aliphatic carboxylic acids is 1. The number of carbonyl (C=O) groups excluding carboxylic acids is 1. The van der Waals surface area contributed by atoms with Gasteiger partial charge in [-0.3, -0.25) is 4.79 Å². The molecule has 0 atom stereocenters. The van der Waals surface area contributed by atoms with Crippen molar-refractivity contribution in [2.75, 3.05) is 23.4 Å². The van der Waals surface area contributed by atoms with Crippen molar-refractivity contribution < 1.29 is 23.8 Å². The average Bonchev–Trinajstić information content (AvgIpc) is 2.79. The van der Waals surface area contributed by atoms with E-state index in [-0.39, 0.29) is 22.9 Å². The summed E-state index contributed by atoms with van der Waals surface area (Å²) in [6.07, 6.45) is 5.55. The number of hydrogen-bond acceptors (Lipinski definition) is 4. The van der Waals surface area contributed by atoms with Crippen LogP contribution in [-0.2, 0) is 16.0 Å². The zero-order valence-electron chi connectivity index (χ0n) is 19.7. The Morgan fingerprint density at radius 3 is 2.56 bits per heavy atom. The van der Waals surface area contributed by atoms with Crippen molar-refractivity contribution in [2.45, 2.75) is 58.4 Å². The fourth-order valence-electron chi connectivity index (χ4n) is 4.36. The minimum absolute atomic E-state index is 0.156. The van der Waals surface area contributed by atoms with Crippen molar-refractivity contribution in [1.82, 2.24) is 0 Å². The normalized spacial score (nSPS) is 14.1. The van der Waals surface area contributed by atoms with E-state index in [2.05, 4.69) is 24.1 Å². The molecule has 0 spiro atoms. The van der Waals surface area contributed by atoms with Gasteiger partial charge in [0.15, 0.2) is 6.61 Å². The summed E-state index contributed by atoms with van der Waals surface area (Å²) in [5, 5.41) is 12.1. The first-order valence-electron chi connectivity index (χ1n) is 11.7. The topological polar surface area (TPSA) is 78.9 Å². The molecule has 2 aromatic rings. The molecule has 0 unspecified atom stereocenters. The fraction of sp³-hybridized carbons (Fsp3) is 0.462. The van der Waals surface area contributed by atoms with Crippen molar-refractivity contribution in [1.29, 1.82) is 0 Å². The maximum absolute atomic E-state index is 14.2. The molecule has 0 bridgehead atoms. The lowest BCUT2D eigenvalue weighted by molar-refractivity contribution is -0.139. The minimum atomic E-state index is -1.09. The number of carbonyl (C=O) groups is 2. The van der Waals surface area contributed by atoms with Crippen LogP contribution in [0.2, 0.25) is 5.02 Å². The Bertz CT molecular complexity index is 1010. The average molecular weight is 491 g/mol. The van der Waals surface area contributed by atoms with Crippen LogP contribution in [0.4, 0.5) is 15.8 Å². The summed E-state index contributed by atoms with van der Waals surface area (Å²) in [6, 6.07) is 9.82. The lowest BCUT2D eigenvalue weighted by Gasteiger charge is -2.38. The van der Waals surface area contributed by atoms with Crippen molar-refractivity contribution in [3.63, 3.8) is 0 Å². The van der Waals surface area contributed by atoms with Gasteiger partial charge < -0.3 is 20.1 Å². The molecule has 6 nitrogen and oxygen atoms in total. The van der Waals surface area contributed by atoms with E-state index < -0.39 is 18.4 Å². The zero-order valence-corrected chi connectivity index (χ0v) is 20.4. The molecule has 3 rings (SSSR count). The van der Waals surface area contributed by atoms with Crippen LogP contribution in [0.15, 0.2) is 36.4 Å². The Morgan fingerprint density at radius 2 is 1.91 bits per heavy atom. The molecule has 0 saturated heterocycles. The smallest absolute Gasteiger partial charge is 0.341 e. The highest BCUT2D eigenvalue weighted by Crippen LogP contribution is 2.36. The van der Waals surface area contributed by atoms with Crippen molar-refractivity contribution >= 4 is 34.9 Å². The molecule has 184 valence electrons. The first-order valence-corrected chi connectivity index (χ1v) is 12.1. The summed E-state index contributed by atoms with van der Waals surface area (Å²) in [6.45, 7) is 4.64. The third kappa shape index (κ3) is 7.35. The molecule has 34 heavy (non-hydrogen) atoms. The largest absolute Gasteiger partial charge is 0.482 e. The standard InChI is InChI=1S/C26H32ClFN2O4/c1-17(2)15-30(20-6-4-3-5-7-20)24-11-10-21(34-16-26(32)33)14-23(24)29-25(31)12-18-8-9-19(27)13-22(18)28/h8-11,13-14,17,20H,3-7,12,15-16H2,1-2H3,(H,29,31)(H,32,33). The maximum atomic E-state index is 14.2. The summed E-state index contributed by atoms with van der Waals surface area (Å²) in [4.78, 5) is 26.2. The predicted molar refractivity (Wildman–Crippen MR) is 132 cm³/mol. The van der Waals surface area contributed by atoms with Gasteiger partial charge in [0, 0.05) is 23.7 Å². The number of benzene rings is 2. The molecular formula is C26H32ClFN2O4. The SMILES string of the molecule is CC(C)CN(c1ccc(OCC(=O)O)cc1NC(=O)Cc1ccc(Cl)cc1F)C1CCCCC1. The first-order chi connectivity index (χ1) is 16.2. The fourth-order valence-corrected chi connectivity index (χ4v) is 4.52. The van der Waals surface area contributed by atoms with Crippen LogP contribution in [0.1, 0.15) is 51.5 Å². The number of hydrogen-bond donors (Lipinski definition) is 2. The summed E-state index contributed by atoms with van der Waals surface area (Å²) in [5.74, 6) is -1.27. The van der Waals surface area contributed by atoms with E-state index in [1.807, 2.05) is 6.07 Å². The number of anilines is 2.